The Morgan fingerprint density at radius 1 is 1.35 bits per heavy atom. The van der Waals surface area contributed by atoms with Crippen molar-refractivity contribution in [3.63, 3.8) is 0 Å². The summed E-state index contributed by atoms with van der Waals surface area (Å²) in [6, 6.07) is 3.95. The van der Waals surface area contributed by atoms with Gasteiger partial charge in [-0.3, -0.25) is 29.0 Å². The van der Waals surface area contributed by atoms with Gasteiger partial charge >= 0.3 is 0 Å². The van der Waals surface area contributed by atoms with Gasteiger partial charge in [0.15, 0.2) is 0 Å². The molecule has 1 aliphatic heterocycles. The summed E-state index contributed by atoms with van der Waals surface area (Å²) in [4.78, 5) is 50.4. The molecular formula is C16H19N3O4. The number of hydrogen-bond acceptors (Lipinski definition) is 5. The van der Waals surface area contributed by atoms with Crippen molar-refractivity contribution in [3.05, 3.63) is 29.3 Å². The maximum Gasteiger partial charge on any atom is 0.264 e. The van der Waals surface area contributed by atoms with Crippen molar-refractivity contribution in [2.75, 3.05) is 19.4 Å². The molecule has 7 nitrogen and oxygen atoms in total. The first kappa shape index (κ1) is 16.7. The van der Waals surface area contributed by atoms with Crippen LogP contribution in [0.5, 0.6) is 0 Å². The average molecular weight is 317 g/mol. The van der Waals surface area contributed by atoms with Crippen LogP contribution in [-0.2, 0) is 9.59 Å². The molecule has 0 saturated heterocycles. The van der Waals surface area contributed by atoms with E-state index in [-0.39, 0.29) is 11.1 Å². The second-order valence-electron chi connectivity index (χ2n) is 5.32. The summed E-state index contributed by atoms with van der Waals surface area (Å²) < 4.78 is 0. The Labute approximate surface area is 134 Å². The summed E-state index contributed by atoms with van der Waals surface area (Å²) in [7, 11) is 2.97. The van der Waals surface area contributed by atoms with Gasteiger partial charge in [-0.1, -0.05) is 19.4 Å². The Morgan fingerprint density at radius 2 is 2.04 bits per heavy atom. The maximum absolute atomic E-state index is 12.7. The number of benzene rings is 1. The van der Waals surface area contributed by atoms with Crippen molar-refractivity contribution in [2.24, 2.45) is 0 Å². The number of hydrogen-bond donors (Lipinski definition) is 1. The van der Waals surface area contributed by atoms with E-state index < -0.39 is 23.8 Å². The quantitative estimate of drug-likeness (QED) is 0.627. The van der Waals surface area contributed by atoms with Crippen molar-refractivity contribution < 1.29 is 19.2 Å². The second kappa shape index (κ2) is 6.60. The highest BCUT2D eigenvalue weighted by Crippen LogP contribution is 2.31. The molecule has 1 aliphatic rings. The average Bonchev–Trinajstić information content (AvgIpc) is 2.82. The fraction of sp³-hybridized carbons (Fsp3) is 0.375. The van der Waals surface area contributed by atoms with E-state index in [4.69, 9.17) is 0 Å². The third-order valence-electron chi connectivity index (χ3n) is 3.88. The molecule has 0 fully saturated rings. The lowest BCUT2D eigenvalue weighted by molar-refractivity contribution is -0.140. The molecule has 0 bridgehead atoms. The van der Waals surface area contributed by atoms with Crippen LogP contribution in [0.3, 0.4) is 0 Å². The highest BCUT2D eigenvalue weighted by molar-refractivity contribution is 6.25. The number of fused-ring (bicyclic) bond motifs is 1. The van der Waals surface area contributed by atoms with Gasteiger partial charge in [0, 0.05) is 19.8 Å². The smallest absolute Gasteiger partial charge is 0.264 e. The first-order valence-corrected chi connectivity index (χ1v) is 7.38. The minimum absolute atomic E-state index is 0.266. The number of carbonyl (C=O) groups is 4. The molecule has 1 atom stereocenters. The van der Waals surface area contributed by atoms with Crippen molar-refractivity contribution in [1.82, 2.24) is 9.80 Å². The predicted octanol–water partition coefficient (Wildman–Crippen LogP) is 1.11. The number of nitrogens with zero attached hydrogens (tertiary/aromatic N) is 2. The molecule has 2 rings (SSSR count). The van der Waals surface area contributed by atoms with Gasteiger partial charge in [-0.05, 0) is 18.6 Å². The number of carbonyl (C=O) groups excluding carboxylic acids is 4. The van der Waals surface area contributed by atoms with E-state index in [0.29, 0.717) is 24.9 Å². The molecular weight excluding hydrogens is 298 g/mol. The van der Waals surface area contributed by atoms with E-state index in [2.05, 4.69) is 5.32 Å². The Hall–Kier alpha value is -2.70. The van der Waals surface area contributed by atoms with E-state index in [1.807, 2.05) is 6.92 Å². The molecule has 1 unspecified atom stereocenters. The van der Waals surface area contributed by atoms with Crippen molar-refractivity contribution in [3.8, 4) is 0 Å². The molecule has 0 radical (unpaired) electrons. The molecule has 0 spiro atoms. The molecule has 7 heteroatoms. The van der Waals surface area contributed by atoms with Crippen LogP contribution in [0.4, 0.5) is 5.69 Å². The lowest BCUT2D eigenvalue weighted by atomic mass is 10.1. The Bertz CT molecular complexity index is 671. The first-order valence-electron chi connectivity index (χ1n) is 7.38. The zero-order chi connectivity index (χ0) is 17.1. The van der Waals surface area contributed by atoms with Crippen LogP contribution in [-0.4, -0.2) is 54.1 Å². The van der Waals surface area contributed by atoms with E-state index in [0.717, 1.165) is 9.80 Å². The number of amides is 4. The summed E-state index contributed by atoms with van der Waals surface area (Å²) >= 11 is 0. The molecule has 0 aliphatic carbocycles. The molecule has 23 heavy (non-hydrogen) atoms. The molecule has 4 amide bonds. The first-order chi connectivity index (χ1) is 11.0. The largest absolute Gasteiger partial charge is 0.387 e. The summed E-state index contributed by atoms with van der Waals surface area (Å²) in [5.41, 5.74) is 1.07. The third kappa shape index (κ3) is 2.69. The predicted molar refractivity (Wildman–Crippen MR) is 84.0 cm³/mol. The maximum atomic E-state index is 12.7. The number of imide groups is 2. The Kier molecular flexibility index (Phi) is 4.78. The lowest BCUT2D eigenvalue weighted by Gasteiger charge is -2.26. The van der Waals surface area contributed by atoms with Crippen molar-refractivity contribution >= 4 is 29.8 Å². The van der Waals surface area contributed by atoms with Crippen molar-refractivity contribution in [2.45, 2.75) is 25.8 Å². The Morgan fingerprint density at radius 3 is 2.61 bits per heavy atom. The summed E-state index contributed by atoms with van der Waals surface area (Å²) in [5.74, 6) is -1.59. The second-order valence-corrected chi connectivity index (χ2v) is 5.32. The molecule has 1 heterocycles. The highest BCUT2D eigenvalue weighted by atomic mass is 16.2. The molecule has 1 N–H and O–H groups in total. The number of rotatable bonds is 6. The monoisotopic (exact) mass is 317 g/mol. The van der Waals surface area contributed by atoms with Gasteiger partial charge in [0.25, 0.3) is 17.7 Å². The topological polar surface area (TPSA) is 86.8 Å². The zero-order valence-electron chi connectivity index (χ0n) is 13.3. The lowest BCUT2D eigenvalue weighted by Crippen LogP contribution is -2.49. The van der Waals surface area contributed by atoms with Gasteiger partial charge in [0.2, 0.25) is 6.41 Å². The third-order valence-corrected chi connectivity index (χ3v) is 3.88. The van der Waals surface area contributed by atoms with Crippen LogP contribution in [0.15, 0.2) is 18.2 Å². The van der Waals surface area contributed by atoms with E-state index >= 15 is 0 Å². The summed E-state index contributed by atoms with van der Waals surface area (Å²) in [6.07, 6.45) is 1.27. The van der Waals surface area contributed by atoms with Gasteiger partial charge in [0.1, 0.15) is 6.04 Å². The molecule has 0 saturated carbocycles. The molecule has 1 aromatic carbocycles. The fourth-order valence-corrected chi connectivity index (χ4v) is 2.72. The molecule has 122 valence electrons. The van der Waals surface area contributed by atoms with Gasteiger partial charge in [0.05, 0.1) is 11.1 Å². The van der Waals surface area contributed by atoms with Crippen LogP contribution in [0.25, 0.3) is 0 Å². The van der Waals surface area contributed by atoms with Crippen LogP contribution >= 0.6 is 0 Å². The van der Waals surface area contributed by atoms with Crippen LogP contribution < -0.4 is 5.32 Å². The van der Waals surface area contributed by atoms with Crippen LogP contribution in [0.2, 0.25) is 0 Å². The summed E-state index contributed by atoms with van der Waals surface area (Å²) in [6.45, 7) is 1.85. The van der Waals surface area contributed by atoms with Gasteiger partial charge < -0.3 is 5.32 Å². The molecule has 1 aromatic rings. The zero-order valence-corrected chi connectivity index (χ0v) is 13.3. The van der Waals surface area contributed by atoms with E-state index in [1.165, 1.54) is 7.05 Å². The normalized spacial score (nSPS) is 14.5. The minimum atomic E-state index is -0.979. The van der Waals surface area contributed by atoms with Crippen molar-refractivity contribution in [1.29, 1.82) is 0 Å². The molecule has 0 aromatic heterocycles. The fourth-order valence-electron chi connectivity index (χ4n) is 2.72. The summed E-state index contributed by atoms with van der Waals surface area (Å²) in [5, 5.41) is 2.88. The number of likely N-dealkylation sites (N-methyl/N-ethyl adjacent to an activating group) is 1. The van der Waals surface area contributed by atoms with Crippen LogP contribution in [0.1, 0.15) is 40.5 Å². The SMILES string of the molecule is CCCC(C(=O)N(C)C=O)N1C(=O)c2cccc(NC)c2C1=O. The van der Waals surface area contributed by atoms with Gasteiger partial charge in [-0.15, -0.1) is 0 Å². The standard InChI is InChI=1S/C16H19N3O4/c1-4-6-12(15(22)18(3)9-20)19-14(21)10-7-5-8-11(17-2)13(10)16(19)23/h5,7-9,12,17H,4,6H2,1-3H3. The van der Waals surface area contributed by atoms with Crippen LogP contribution in [0, 0.1) is 0 Å². The van der Waals surface area contributed by atoms with Gasteiger partial charge in [-0.2, -0.15) is 0 Å². The van der Waals surface area contributed by atoms with Gasteiger partial charge in [-0.25, -0.2) is 0 Å². The number of anilines is 1. The minimum Gasteiger partial charge on any atom is -0.387 e. The van der Waals surface area contributed by atoms with E-state index in [1.54, 1.807) is 25.2 Å². The highest BCUT2D eigenvalue weighted by Gasteiger charge is 2.44. The number of nitrogens with one attached hydrogen (secondary N) is 1. The Balaban J connectivity index is 2.47. The van der Waals surface area contributed by atoms with E-state index in [9.17, 15) is 19.2 Å².